The fraction of sp³-hybridized carbons (Fsp3) is 0.179. The van der Waals surface area contributed by atoms with E-state index in [9.17, 15) is 19.7 Å². The van der Waals surface area contributed by atoms with E-state index in [1.54, 1.807) is 32.1 Å². The second-order valence-electron chi connectivity index (χ2n) is 8.56. The van der Waals surface area contributed by atoms with Crippen LogP contribution in [0.5, 0.6) is 5.75 Å². The van der Waals surface area contributed by atoms with Crippen LogP contribution in [0.15, 0.2) is 86.1 Å². The summed E-state index contributed by atoms with van der Waals surface area (Å²) in [6.45, 7) is 3.64. The molecule has 0 saturated carbocycles. The number of carbonyl (C=O) groups excluding carboxylic acids is 1. The van der Waals surface area contributed by atoms with Gasteiger partial charge in [-0.25, -0.2) is 9.79 Å². The number of nitro benzene ring substituents is 1. The van der Waals surface area contributed by atoms with Crippen molar-refractivity contribution in [3.63, 3.8) is 0 Å². The predicted octanol–water partition coefficient (Wildman–Crippen LogP) is 3.98. The third kappa shape index (κ3) is 4.79. The van der Waals surface area contributed by atoms with Crippen LogP contribution >= 0.6 is 11.3 Å². The molecule has 0 radical (unpaired) electrons. The Morgan fingerprint density at radius 3 is 2.67 bits per heavy atom. The highest BCUT2D eigenvalue weighted by Gasteiger charge is 2.33. The summed E-state index contributed by atoms with van der Waals surface area (Å²) in [5.41, 5.74) is 1.50. The number of benzene rings is 2. The summed E-state index contributed by atoms with van der Waals surface area (Å²) in [6.07, 6.45) is 1.59. The Bertz CT molecular complexity index is 1800. The number of furan rings is 1. The molecule has 0 bridgehead atoms. The van der Waals surface area contributed by atoms with Crippen LogP contribution in [0.25, 0.3) is 17.4 Å². The van der Waals surface area contributed by atoms with Crippen molar-refractivity contribution in [1.82, 2.24) is 4.57 Å². The highest BCUT2D eigenvalue weighted by atomic mass is 32.1. The molecule has 4 aromatic rings. The molecule has 10 nitrogen and oxygen atoms in total. The smallest absolute Gasteiger partial charge is 0.338 e. The normalized spacial score (nSPS) is 15.1. The summed E-state index contributed by atoms with van der Waals surface area (Å²) in [5.74, 6) is 0.591. The van der Waals surface area contributed by atoms with Gasteiger partial charge in [0.25, 0.3) is 11.2 Å². The molecular weight excluding hydrogens is 522 g/mol. The first kappa shape index (κ1) is 25.9. The van der Waals surface area contributed by atoms with Gasteiger partial charge in [-0.2, -0.15) is 0 Å². The van der Waals surface area contributed by atoms with Gasteiger partial charge in [-0.05, 0) is 37.6 Å². The van der Waals surface area contributed by atoms with E-state index in [1.165, 1.54) is 41.2 Å². The zero-order valence-electron chi connectivity index (χ0n) is 21.2. The third-order valence-electron chi connectivity index (χ3n) is 6.19. The van der Waals surface area contributed by atoms with E-state index in [1.807, 2.05) is 30.3 Å². The Kier molecular flexibility index (Phi) is 6.99. The standard InChI is InChI=1S/C28H23N3O7S/c1-4-37-27(33)24-16(2)29-28-30(25(24)17-8-6-5-7-9-17)26(32)23(39-28)15-19-11-13-22(38-19)20-14-18(31(34)35)10-12-21(20)36-3/h5-15,25H,4H2,1-3H3/b23-15-/t25-/m1/s1. The van der Waals surface area contributed by atoms with Crippen molar-refractivity contribution in [3.8, 4) is 17.1 Å². The number of hydrogen-bond donors (Lipinski definition) is 0. The molecule has 0 fully saturated rings. The topological polar surface area (TPSA) is 126 Å². The highest BCUT2D eigenvalue weighted by molar-refractivity contribution is 7.07. The van der Waals surface area contributed by atoms with Gasteiger partial charge in [-0.15, -0.1) is 0 Å². The minimum atomic E-state index is -0.704. The maximum Gasteiger partial charge on any atom is 0.338 e. The first-order chi connectivity index (χ1) is 18.8. The van der Waals surface area contributed by atoms with E-state index < -0.39 is 16.9 Å². The molecule has 2 aromatic heterocycles. The van der Waals surface area contributed by atoms with Crippen LogP contribution in [-0.2, 0) is 9.53 Å². The zero-order chi connectivity index (χ0) is 27.7. The largest absolute Gasteiger partial charge is 0.496 e. The molecule has 0 spiro atoms. The SMILES string of the molecule is CCOC(=O)C1=C(C)N=c2s/c(=C\c3ccc(-c4cc([N+](=O)[O-])ccc4OC)o3)c(=O)n2[C@@H]1c1ccccc1. The van der Waals surface area contributed by atoms with Gasteiger partial charge in [0.15, 0.2) is 4.80 Å². The summed E-state index contributed by atoms with van der Waals surface area (Å²) in [5, 5.41) is 11.3. The number of carbonyl (C=O) groups is 1. The molecular formula is C28H23N3O7S. The van der Waals surface area contributed by atoms with Crippen LogP contribution in [0.4, 0.5) is 5.69 Å². The number of nitrogens with zero attached hydrogens (tertiary/aromatic N) is 3. The Hall–Kier alpha value is -4.77. The zero-order valence-corrected chi connectivity index (χ0v) is 22.1. The Morgan fingerprint density at radius 1 is 1.21 bits per heavy atom. The molecule has 0 N–H and O–H groups in total. The molecule has 0 aliphatic carbocycles. The van der Waals surface area contributed by atoms with E-state index in [2.05, 4.69) is 4.99 Å². The van der Waals surface area contributed by atoms with Gasteiger partial charge in [0.2, 0.25) is 0 Å². The van der Waals surface area contributed by atoms with E-state index in [-0.39, 0.29) is 17.9 Å². The van der Waals surface area contributed by atoms with Crippen molar-refractivity contribution in [2.24, 2.45) is 4.99 Å². The van der Waals surface area contributed by atoms with Crippen LogP contribution in [0, 0.1) is 10.1 Å². The van der Waals surface area contributed by atoms with Crippen molar-refractivity contribution in [2.45, 2.75) is 19.9 Å². The van der Waals surface area contributed by atoms with Crippen molar-refractivity contribution in [1.29, 1.82) is 0 Å². The number of ether oxygens (including phenoxy) is 2. The number of thiazole rings is 1. The van der Waals surface area contributed by atoms with Gasteiger partial charge < -0.3 is 13.9 Å². The molecule has 198 valence electrons. The maximum atomic E-state index is 13.7. The van der Waals surface area contributed by atoms with Gasteiger partial charge in [-0.1, -0.05) is 41.7 Å². The Labute approximate surface area is 225 Å². The average Bonchev–Trinajstić information content (AvgIpc) is 3.52. The predicted molar refractivity (Wildman–Crippen MR) is 144 cm³/mol. The summed E-state index contributed by atoms with van der Waals surface area (Å²) in [7, 11) is 1.46. The number of non-ortho nitro benzene ring substituents is 1. The van der Waals surface area contributed by atoms with Crippen molar-refractivity contribution in [3.05, 3.63) is 113 Å². The first-order valence-electron chi connectivity index (χ1n) is 12.0. The number of methoxy groups -OCH3 is 1. The van der Waals surface area contributed by atoms with Gasteiger partial charge in [0.1, 0.15) is 17.3 Å². The van der Waals surface area contributed by atoms with E-state index in [0.29, 0.717) is 43.4 Å². The number of esters is 1. The quantitative estimate of drug-likeness (QED) is 0.195. The molecule has 0 amide bonds. The molecule has 5 rings (SSSR count). The number of fused-ring (bicyclic) bond motifs is 1. The molecule has 39 heavy (non-hydrogen) atoms. The summed E-state index contributed by atoms with van der Waals surface area (Å²) >= 11 is 1.17. The van der Waals surface area contributed by atoms with E-state index >= 15 is 0 Å². The second-order valence-corrected chi connectivity index (χ2v) is 9.57. The van der Waals surface area contributed by atoms with Crippen molar-refractivity contribution >= 4 is 29.1 Å². The molecule has 1 aliphatic rings. The highest BCUT2D eigenvalue weighted by Crippen LogP contribution is 2.35. The Balaban J connectivity index is 1.62. The van der Waals surface area contributed by atoms with Gasteiger partial charge in [0, 0.05) is 18.2 Å². The van der Waals surface area contributed by atoms with Gasteiger partial charge in [0.05, 0.1) is 46.0 Å². The lowest BCUT2D eigenvalue weighted by atomic mass is 9.96. The van der Waals surface area contributed by atoms with Crippen LogP contribution in [0.2, 0.25) is 0 Å². The van der Waals surface area contributed by atoms with Crippen LogP contribution in [0.3, 0.4) is 0 Å². The van der Waals surface area contributed by atoms with E-state index in [4.69, 9.17) is 13.9 Å². The fourth-order valence-corrected chi connectivity index (χ4v) is 5.48. The number of nitro groups is 1. The molecule has 1 atom stereocenters. The van der Waals surface area contributed by atoms with Crippen LogP contribution < -0.4 is 19.6 Å². The second kappa shape index (κ2) is 10.5. The summed E-state index contributed by atoms with van der Waals surface area (Å²) in [4.78, 5) is 42.4. The summed E-state index contributed by atoms with van der Waals surface area (Å²) < 4.78 is 18.4. The van der Waals surface area contributed by atoms with E-state index in [0.717, 1.165) is 5.56 Å². The number of rotatable bonds is 7. The van der Waals surface area contributed by atoms with Crippen LogP contribution in [0.1, 0.15) is 31.2 Å². The monoisotopic (exact) mass is 545 g/mol. The van der Waals surface area contributed by atoms with Crippen molar-refractivity contribution < 1.29 is 23.6 Å². The Morgan fingerprint density at radius 2 is 1.97 bits per heavy atom. The minimum Gasteiger partial charge on any atom is -0.496 e. The lowest BCUT2D eigenvalue weighted by molar-refractivity contribution is -0.384. The number of aromatic nitrogens is 1. The third-order valence-corrected chi connectivity index (χ3v) is 7.17. The van der Waals surface area contributed by atoms with Crippen molar-refractivity contribution in [2.75, 3.05) is 13.7 Å². The fourth-order valence-electron chi connectivity index (χ4n) is 4.45. The van der Waals surface area contributed by atoms with Gasteiger partial charge in [-0.3, -0.25) is 19.5 Å². The molecule has 0 saturated heterocycles. The molecule has 3 heterocycles. The molecule has 11 heteroatoms. The van der Waals surface area contributed by atoms with Crippen LogP contribution in [-0.4, -0.2) is 29.2 Å². The first-order valence-corrected chi connectivity index (χ1v) is 12.8. The minimum absolute atomic E-state index is 0.106. The lowest BCUT2D eigenvalue weighted by Gasteiger charge is -2.24. The van der Waals surface area contributed by atoms with Gasteiger partial charge >= 0.3 is 5.97 Å². The number of allylic oxidation sites excluding steroid dienone is 1. The molecule has 1 aliphatic heterocycles. The maximum absolute atomic E-state index is 13.7. The summed E-state index contributed by atoms with van der Waals surface area (Å²) in [6, 6.07) is 16.1. The lowest BCUT2D eigenvalue weighted by Crippen LogP contribution is -2.39. The number of hydrogen-bond acceptors (Lipinski definition) is 9. The average molecular weight is 546 g/mol. The molecule has 0 unspecified atom stereocenters. The molecule has 2 aromatic carbocycles.